The second kappa shape index (κ2) is 6.94. The van der Waals surface area contributed by atoms with Crippen molar-refractivity contribution in [3.8, 4) is 0 Å². The molecular formula is C14H17LiN2O3. The van der Waals surface area contributed by atoms with Gasteiger partial charge in [0.1, 0.15) is 0 Å². The summed E-state index contributed by atoms with van der Waals surface area (Å²) >= 11 is 0. The van der Waals surface area contributed by atoms with Gasteiger partial charge in [0.2, 0.25) is 5.91 Å². The van der Waals surface area contributed by atoms with Crippen molar-refractivity contribution in [2.75, 3.05) is 20.1 Å². The van der Waals surface area contributed by atoms with Crippen LogP contribution in [-0.2, 0) is 9.59 Å². The number of nitrogens with zero attached hydrogens (tertiary/aromatic N) is 2. The molecule has 1 aliphatic rings. The zero-order valence-corrected chi connectivity index (χ0v) is 12.1. The SMILES string of the molecule is CC1C(=O)N(CC(=O)[O-])C(c2ccccc2)CN1C.[Li+]. The fraction of sp³-hybridized carbons (Fsp3) is 0.429. The van der Waals surface area contributed by atoms with E-state index in [4.69, 9.17) is 0 Å². The van der Waals surface area contributed by atoms with E-state index in [9.17, 15) is 14.7 Å². The van der Waals surface area contributed by atoms with Gasteiger partial charge in [0, 0.05) is 6.54 Å². The standard InChI is InChI=1S/C14H18N2O3.Li/c1-10-14(19)16(9-13(17)18)12(8-15(10)2)11-6-4-3-5-7-11;/h3-7,10,12H,8-9H2,1-2H3,(H,17,18);/q;+1/p-1. The van der Waals surface area contributed by atoms with Crippen LogP contribution in [0.4, 0.5) is 0 Å². The molecule has 0 bridgehead atoms. The van der Waals surface area contributed by atoms with E-state index in [1.807, 2.05) is 42.3 Å². The Morgan fingerprint density at radius 1 is 1.35 bits per heavy atom. The largest absolute Gasteiger partial charge is 1.00 e. The molecule has 20 heavy (non-hydrogen) atoms. The predicted octanol–water partition coefficient (Wildman–Crippen LogP) is -3.36. The molecule has 0 aromatic heterocycles. The molecule has 0 spiro atoms. The van der Waals surface area contributed by atoms with Gasteiger partial charge < -0.3 is 14.8 Å². The van der Waals surface area contributed by atoms with Crippen molar-refractivity contribution in [2.24, 2.45) is 0 Å². The maximum atomic E-state index is 12.2. The molecule has 1 aromatic rings. The smallest absolute Gasteiger partial charge is 0.548 e. The average Bonchev–Trinajstić information content (AvgIpc) is 2.40. The molecule has 0 radical (unpaired) electrons. The van der Waals surface area contributed by atoms with Gasteiger partial charge in [-0.15, -0.1) is 0 Å². The van der Waals surface area contributed by atoms with Gasteiger partial charge in [-0.3, -0.25) is 9.69 Å². The van der Waals surface area contributed by atoms with Gasteiger partial charge in [0.15, 0.2) is 0 Å². The van der Waals surface area contributed by atoms with Crippen LogP contribution in [0.25, 0.3) is 0 Å². The normalized spacial score (nSPS) is 23.3. The molecule has 5 nitrogen and oxygen atoms in total. The minimum absolute atomic E-state index is 0. The summed E-state index contributed by atoms with van der Waals surface area (Å²) < 4.78 is 0. The van der Waals surface area contributed by atoms with E-state index in [0.29, 0.717) is 6.54 Å². The molecule has 2 unspecified atom stereocenters. The zero-order valence-electron chi connectivity index (χ0n) is 12.1. The minimum atomic E-state index is -1.23. The van der Waals surface area contributed by atoms with Crippen LogP contribution in [0.15, 0.2) is 30.3 Å². The van der Waals surface area contributed by atoms with Crippen molar-refractivity contribution in [1.82, 2.24) is 9.80 Å². The van der Waals surface area contributed by atoms with Crippen molar-refractivity contribution < 1.29 is 33.6 Å². The number of piperazine rings is 1. The summed E-state index contributed by atoms with van der Waals surface area (Å²) in [5.41, 5.74) is 0.941. The van der Waals surface area contributed by atoms with Crippen LogP contribution < -0.4 is 24.0 Å². The number of carbonyl (C=O) groups is 2. The molecule has 1 heterocycles. The third-order valence-electron chi connectivity index (χ3n) is 3.62. The van der Waals surface area contributed by atoms with E-state index in [1.165, 1.54) is 4.90 Å². The first-order valence-corrected chi connectivity index (χ1v) is 6.26. The summed E-state index contributed by atoms with van der Waals surface area (Å²) in [5, 5.41) is 10.9. The fourth-order valence-electron chi connectivity index (χ4n) is 2.40. The van der Waals surface area contributed by atoms with Gasteiger partial charge in [-0.2, -0.15) is 0 Å². The number of likely N-dealkylation sites (N-methyl/N-ethyl adjacent to an activating group) is 1. The molecule has 2 rings (SSSR count). The number of hydrogen-bond acceptors (Lipinski definition) is 4. The minimum Gasteiger partial charge on any atom is -0.548 e. The zero-order chi connectivity index (χ0) is 14.0. The molecule has 0 aliphatic carbocycles. The van der Waals surface area contributed by atoms with Gasteiger partial charge in [0.05, 0.1) is 24.6 Å². The monoisotopic (exact) mass is 268 g/mol. The maximum absolute atomic E-state index is 12.2. The number of carboxylic acid groups (broad SMARTS) is 1. The van der Waals surface area contributed by atoms with Crippen molar-refractivity contribution in [1.29, 1.82) is 0 Å². The molecule has 1 aromatic carbocycles. The van der Waals surface area contributed by atoms with Crippen molar-refractivity contribution in [3.05, 3.63) is 35.9 Å². The van der Waals surface area contributed by atoms with Gasteiger partial charge in [-0.1, -0.05) is 30.3 Å². The number of hydrogen-bond donors (Lipinski definition) is 0. The predicted molar refractivity (Wildman–Crippen MR) is 68.0 cm³/mol. The first-order chi connectivity index (χ1) is 9.00. The number of amides is 1. The number of rotatable bonds is 3. The quantitative estimate of drug-likeness (QED) is 0.537. The van der Waals surface area contributed by atoms with E-state index in [1.54, 1.807) is 6.92 Å². The van der Waals surface area contributed by atoms with E-state index >= 15 is 0 Å². The molecule has 1 amide bonds. The van der Waals surface area contributed by atoms with Crippen molar-refractivity contribution in [2.45, 2.75) is 19.0 Å². The Balaban J connectivity index is 0.00000200. The van der Waals surface area contributed by atoms with Gasteiger partial charge in [-0.05, 0) is 19.5 Å². The molecule has 6 heteroatoms. The molecule has 1 fully saturated rings. The van der Waals surface area contributed by atoms with Crippen molar-refractivity contribution in [3.63, 3.8) is 0 Å². The van der Waals surface area contributed by atoms with Crippen LogP contribution in [-0.4, -0.2) is 47.9 Å². The maximum Gasteiger partial charge on any atom is 1.00 e. The topological polar surface area (TPSA) is 63.7 Å². The molecular weight excluding hydrogens is 251 g/mol. The van der Waals surface area contributed by atoms with Crippen LogP contribution in [0, 0.1) is 0 Å². The fourth-order valence-corrected chi connectivity index (χ4v) is 2.40. The second-order valence-electron chi connectivity index (χ2n) is 4.88. The summed E-state index contributed by atoms with van der Waals surface area (Å²) in [6.07, 6.45) is 0. The molecule has 1 aliphatic heterocycles. The number of aliphatic carboxylic acids is 1. The Labute approximate surface area is 130 Å². The first-order valence-electron chi connectivity index (χ1n) is 6.26. The molecule has 102 valence electrons. The third-order valence-corrected chi connectivity index (χ3v) is 3.62. The van der Waals surface area contributed by atoms with E-state index in [-0.39, 0.29) is 43.4 Å². The number of carbonyl (C=O) groups excluding carboxylic acids is 2. The third kappa shape index (κ3) is 3.43. The summed E-state index contributed by atoms with van der Waals surface area (Å²) in [6, 6.07) is 8.93. The summed E-state index contributed by atoms with van der Waals surface area (Å²) in [4.78, 5) is 26.4. The van der Waals surface area contributed by atoms with Crippen LogP contribution >= 0.6 is 0 Å². The van der Waals surface area contributed by atoms with Crippen LogP contribution in [0.2, 0.25) is 0 Å². The van der Waals surface area contributed by atoms with Crippen LogP contribution in [0.5, 0.6) is 0 Å². The van der Waals surface area contributed by atoms with Crippen LogP contribution in [0.1, 0.15) is 18.5 Å². The summed E-state index contributed by atoms with van der Waals surface area (Å²) in [7, 11) is 1.87. The molecule has 1 saturated heterocycles. The van der Waals surface area contributed by atoms with E-state index < -0.39 is 5.97 Å². The second-order valence-corrected chi connectivity index (χ2v) is 4.88. The summed E-state index contributed by atoms with van der Waals surface area (Å²) in [6.45, 7) is 2.03. The van der Waals surface area contributed by atoms with Gasteiger partial charge in [-0.25, -0.2) is 0 Å². The molecule has 0 saturated carbocycles. The molecule has 2 atom stereocenters. The van der Waals surface area contributed by atoms with Gasteiger partial charge in [0.25, 0.3) is 0 Å². The molecule has 0 N–H and O–H groups in total. The van der Waals surface area contributed by atoms with Gasteiger partial charge >= 0.3 is 18.9 Å². The number of carboxylic acids is 1. The Bertz CT molecular complexity index is 481. The Kier molecular flexibility index (Phi) is 5.82. The van der Waals surface area contributed by atoms with E-state index in [2.05, 4.69) is 0 Å². The van der Waals surface area contributed by atoms with E-state index in [0.717, 1.165) is 5.56 Å². The Hall–Kier alpha value is -1.28. The van der Waals surface area contributed by atoms with Crippen molar-refractivity contribution >= 4 is 11.9 Å². The first kappa shape index (κ1) is 16.8. The summed E-state index contributed by atoms with van der Waals surface area (Å²) in [5.74, 6) is -1.40. The number of benzene rings is 1. The Morgan fingerprint density at radius 2 is 1.95 bits per heavy atom. The Morgan fingerprint density at radius 3 is 2.50 bits per heavy atom. The average molecular weight is 268 g/mol. The van der Waals surface area contributed by atoms with Crippen LogP contribution in [0.3, 0.4) is 0 Å².